The Balaban J connectivity index is 2.83. The first-order valence-corrected chi connectivity index (χ1v) is 4.72. The van der Waals surface area contributed by atoms with Crippen LogP contribution in [0.5, 0.6) is 0 Å². The van der Waals surface area contributed by atoms with Crippen LogP contribution in [-0.2, 0) is 0 Å². The van der Waals surface area contributed by atoms with Gasteiger partial charge in [0.1, 0.15) is 13.1 Å². The fourth-order valence-corrected chi connectivity index (χ4v) is 1.70. The van der Waals surface area contributed by atoms with Crippen molar-refractivity contribution in [2.75, 3.05) is 18.0 Å². The second kappa shape index (κ2) is 5.00. The average molecular weight is 205 g/mol. The molecule has 14 heavy (non-hydrogen) atoms. The molecule has 1 heterocycles. The maximum atomic E-state index is 10.4. The predicted octanol–water partition coefficient (Wildman–Crippen LogP) is 1.41. The third kappa shape index (κ3) is 2.32. The molecule has 0 amide bonds. The number of hydrogen-bond donors (Lipinski definition) is 0. The number of nitriles is 2. The highest BCUT2D eigenvalue weighted by Crippen LogP contribution is 2.21. The number of carbonyl (C=O) groups is 1. The lowest BCUT2D eigenvalue weighted by Gasteiger charge is -2.15. The van der Waals surface area contributed by atoms with Crippen LogP contribution < -0.4 is 4.90 Å². The molecule has 0 saturated carbocycles. The van der Waals surface area contributed by atoms with Crippen molar-refractivity contribution < 1.29 is 4.79 Å². The van der Waals surface area contributed by atoms with Gasteiger partial charge in [-0.1, -0.05) is 0 Å². The van der Waals surface area contributed by atoms with Crippen LogP contribution in [0.1, 0.15) is 9.67 Å². The average Bonchev–Trinajstić information content (AvgIpc) is 2.65. The Hall–Kier alpha value is -1.85. The number of aldehydes is 1. The van der Waals surface area contributed by atoms with Gasteiger partial charge in [0.05, 0.1) is 17.0 Å². The van der Waals surface area contributed by atoms with Gasteiger partial charge in [0, 0.05) is 11.1 Å². The smallest absolute Gasteiger partial charge is 0.160 e. The standard InChI is InChI=1S/C9H7N3OS/c10-1-3-12(4-2-11)8-5-9(6-13)14-7-8/h5-7H,3-4H2. The second-order valence-corrected chi connectivity index (χ2v) is 3.44. The van der Waals surface area contributed by atoms with E-state index in [9.17, 15) is 4.79 Å². The van der Waals surface area contributed by atoms with Gasteiger partial charge >= 0.3 is 0 Å². The molecule has 0 unspecified atom stereocenters. The van der Waals surface area contributed by atoms with Crippen LogP contribution in [0, 0.1) is 22.7 Å². The van der Waals surface area contributed by atoms with Crippen molar-refractivity contribution >= 4 is 23.3 Å². The zero-order valence-electron chi connectivity index (χ0n) is 7.30. The number of hydrogen-bond acceptors (Lipinski definition) is 5. The van der Waals surface area contributed by atoms with Crippen LogP contribution in [-0.4, -0.2) is 19.4 Å². The topological polar surface area (TPSA) is 67.9 Å². The molecule has 0 aromatic carbocycles. The Morgan fingerprint density at radius 1 is 1.43 bits per heavy atom. The third-order valence-corrected chi connectivity index (χ3v) is 2.46. The largest absolute Gasteiger partial charge is 0.344 e. The highest BCUT2D eigenvalue weighted by atomic mass is 32.1. The van der Waals surface area contributed by atoms with E-state index < -0.39 is 0 Å². The van der Waals surface area contributed by atoms with Crippen molar-refractivity contribution in [1.29, 1.82) is 10.5 Å². The van der Waals surface area contributed by atoms with E-state index in [4.69, 9.17) is 10.5 Å². The van der Waals surface area contributed by atoms with Gasteiger partial charge in [-0.25, -0.2) is 0 Å². The van der Waals surface area contributed by atoms with E-state index >= 15 is 0 Å². The summed E-state index contributed by atoms with van der Waals surface area (Å²) >= 11 is 1.30. The molecule has 0 spiro atoms. The Morgan fingerprint density at radius 2 is 2.07 bits per heavy atom. The number of thiophene rings is 1. The maximum absolute atomic E-state index is 10.4. The molecule has 0 N–H and O–H groups in total. The van der Waals surface area contributed by atoms with Crippen LogP contribution in [0.25, 0.3) is 0 Å². The molecule has 0 saturated heterocycles. The number of anilines is 1. The summed E-state index contributed by atoms with van der Waals surface area (Å²) in [4.78, 5) is 12.6. The zero-order chi connectivity index (χ0) is 10.4. The van der Waals surface area contributed by atoms with Gasteiger partial charge in [0.15, 0.2) is 6.29 Å². The number of nitrogens with zero attached hydrogens (tertiary/aromatic N) is 3. The minimum Gasteiger partial charge on any atom is -0.344 e. The van der Waals surface area contributed by atoms with Crippen LogP contribution >= 0.6 is 11.3 Å². The van der Waals surface area contributed by atoms with Crippen LogP contribution in [0.15, 0.2) is 11.4 Å². The van der Waals surface area contributed by atoms with E-state index in [-0.39, 0.29) is 13.1 Å². The first kappa shape index (κ1) is 10.2. The SMILES string of the molecule is N#CCN(CC#N)c1csc(C=O)c1. The van der Waals surface area contributed by atoms with Gasteiger partial charge in [0.25, 0.3) is 0 Å². The van der Waals surface area contributed by atoms with Gasteiger partial charge in [-0.05, 0) is 6.07 Å². The molecule has 1 rings (SSSR count). The van der Waals surface area contributed by atoms with Crippen molar-refractivity contribution in [3.63, 3.8) is 0 Å². The molecule has 0 atom stereocenters. The molecule has 0 aliphatic carbocycles. The van der Waals surface area contributed by atoms with E-state index in [0.717, 1.165) is 12.0 Å². The van der Waals surface area contributed by atoms with Gasteiger partial charge in [-0.2, -0.15) is 10.5 Å². The molecular weight excluding hydrogens is 198 g/mol. The summed E-state index contributed by atoms with van der Waals surface area (Å²) in [6.45, 7) is 0.311. The quantitative estimate of drug-likeness (QED) is 0.550. The maximum Gasteiger partial charge on any atom is 0.160 e. The van der Waals surface area contributed by atoms with E-state index in [2.05, 4.69) is 0 Å². The fourth-order valence-electron chi connectivity index (χ4n) is 0.979. The minimum absolute atomic E-state index is 0.155. The summed E-state index contributed by atoms with van der Waals surface area (Å²) in [5.41, 5.74) is 0.750. The van der Waals surface area contributed by atoms with E-state index in [1.165, 1.54) is 11.3 Å². The molecule has 1 aromatic rings. The molecular formula is C9H7N3OS. The molecule has 5 heteroatoms. The number of carbonyl (C=O) groups excluding carboxylic acids is 1. The van der Waals surface area contributed by atoms with E-state index in [0.29, 0.717) is 4.88 Å². The van der Waals surface area contributed by atoms with E-state index in [1.807, 2.05) is 12.1 Å². The Bertz CT molecular complexity index is 383. The highest BCUT2D eigenvalue weighted by Gasteiger charge is 2.07. The minimum atomic E-state index is 0.155. The molecule has 1 aromatic heterocycles. The first-order valence-electron chi connectivity index (χ1n) is 3.84. The highest BCUT2D eigenvalue weighted by molar-refractivity contribution is 7.12. The monoisotopic (exact) mass is 205 g/mol. The Kier molecular flexibility index (Phi) is 3.66. The van der Waals surface area contributed by atoms with E-state index in [1.54, 1.807) is 16.3 Å². The van der Waals surface area contributed by atoms with Crippen molar-refractivity contribution in [3.05, 3.63) is 16.3 Å². The van der Waals surface area contributed by atoms with Crippen LogP contribution in [0.4, 0.5) is 5.69 Å². The van der Waals surface area contributed by atoms with Crippen molar-refractivity contribution in [2.45, 2.75) is 0 Å². The summed E-state index contributed by atoms with van der Waals surface area (Å²) in [5.74, 6) is 0. The zero-order valence-corrected chi connectivity index (χ0v) is 8.12. The predicted molar refractivity (Wildman–Crippen MR) is 53.1 cm³/mol. The normalized spacial score (nSPS) is 8.71. The summed E-state index contributed by atoms with van der Waals surface area (Å²) in [7, 11) is 0. The lowest BCUT2D eigenvalue weighted by Crippen LogP contribution is -2.23. The van der Waals surface area contributed by atoms with Gasteiger partial charge in [0.2, 0.25) is 0 Å². The van der Waals surface area contributed by atoms with Gasteiger partial charge in [-0.15, -0.1) is 11.3 Å². The third-order valence-electron chi connectivity index (χ3n) is 1.61. The van der Waals surface area contributed by atoms with Crippen molar-refractivity contribution in [2.24, 2.45) is 0 Å². The summed E-state index contributed by atoms with van der Waals surface area (Å²) in [6, 6.07) is 5.61. The Labute approximate surface area is 85.6 Å². The lowest BCUT2D eigenvalue weighted by atomic mass is 10.4. The van der Waals surface area contributed by atoms with Crippen LogP contribution in [0.3, 0.4) is 0 Å². The van der Waals surface area contributed by atoms with Crippen molar-refractivity contribution in [3.8, 4) is 12.1 Å². The summed E-state index contributed by atoms with van der Waals surface area (Å²) in [5, 5.41) is 18.8. The summed E-state index contributed by atoms with van der Waals surface area (Å²) < 4.78 is 0. The van der Waals surface area contributed by atoms with Crippen LogP contribution in [0.2, 0.25) is 0 Å². The number of rotatable bonds is 4. The Morgan fingerprint density at radius 3 is 2.50 bits per heavy atom. The molecule has 0 fully saturated rings. The first-order chi connectivity index (χ1) is 6.81. The fraction of sp³-hybridized carbons (Fsp3) is 0.222. The molecule has 0 aliphatic heterocycles. The molecule has 4 nitrogen and oxygen atoms in total. The molecule has 0 bridgehead atoms. The summed E-state index contributed by atoms with van der Waals surface area (Å²) in [6.07, 6.45) is 0.755. The molecule has 0 radical (unpaired) electrons. The van der Waals surface area contributed by atoms with Gasteiger partial charge < -0.3 is 4.90 Å². The second-order valence-electron chi connectivity index (χ2n) is 2.50. The molecule has 0 aliphatic rings. The van der Waals surface area contributed by atoms with Crippen molar-refractivity contribution in [1.82, 2.24) is 0 Å². The lowest BCUT2D eigenvalue weighted by molar-refractivity contribution is 0.112. The van der Waals surface area contributed by atoms with Gasteiger partial charge in [-0.3, -0.25) is 4.79 Å². The molecule has 70 valence electrons.